The van der Waals surface area contributed by atoms with Gasteiger partial charge in [0.2, 0.25) is 11.3 Å². The zero-order valence-corrected chi connectivity index (χ0v) is 15.2. The van der Waals surface area contributed by atoms with Crippen molar-refractivity contribution in [1.29, 1.82) is 0 Å². The number of aromatic nitrogens is 4. The van der Waals surface area contributed by atoms with Crippen LogP contribution in [0.5, 0.6) is 5.75 Å². The molecule has 0 aliphatic carbocycles. The van der Waals surface area contributed by atoms with E-state index < -0.39 is 5.82 Å². The molecule has 0 amide bonds. The van der Waals surface area contributed by atoms with Gasteiger partial charge in [-0.1, -0.05) is 22.8 Å². The maximum absolute atomic E-state index is 13.3. The highest BCUT2D eigenvalue weighted by molar-refractivity contribution is 6.31. The summed E-state index contributed by atoms with van der Waals surface area (Å²) in [5, 5.41) is 8.05. The van der Waals surface area contributed by atoms with Crippen molar-refractivity contribution in [2.24, 2.45) is 0 Å². The zero-order chi connectivity index (χ0) is 19.7. The average Bonchev–Trinajstić information content (AvgIpc) is 3.20. The fourth-order valence-corrected chi connectivity index (χ4v) is 2.71. The number of halogens is 2. The van der Waals surface area contributed by atoms with Crippen LogP contribution in [0.15, 0.2) is 64.0 Å². The molecule has 0 aliphatic heterocycles. The van der Waals surface area contributed by atoms with Gasteiger partial charge in [0.25, 0.3) is 5.89 Å². The molecule has 0 fully saturated rings. The van der Waals surface area contributed by atoms with Crippen molar-refractivity contribution in [2.45, 2.75) is 0 Å². The van der Waals surface area contributed by atoms with E-state index in [4.69, 9.17) is 20.9 Å². The summed E-state index contributed by atoms with van der Waals surface area (Å²) >= 11 is 5.79. The van der Waals surface area contributed by atoms with Crippen LogP contribution in [0.4, 0.5) is 4.39 Å². The molecule has 0 bridgehead atoms. The van der Waals surface area contributed by atoms with Gasteiger partial charge >= 0.3 is 0 Å². The molecule has 0 spiro atoms. The monoisotopic (exact) mass is 398 g/mol. The summed E-state index contributed by atoms with van der Waals surface area (Å²) in [4.78, 5) is 16.5. The SMILES string of the molecule is COc1cccc(-n2ccc(=O)c(-c3nc(-c4ccc(F)c(Cl)c4)no3)n2)c1. The van der Waals surface area contributed by atoms with Gasteiger partial charge < -0.3 is 9.26 Å². The Morgan fingerprint density at radius 3 is 2.82 bits per heavy atom. The van der Waals surface area contributed by atoms with Crippen LogP contribution >= 0.6 is 11.6 Å². The third kappa shape index (κ3) is 3.37. The van der Waals surface area contributed by atoms with Gasteiger partial charge in [0.15, 0.2) is 5.69 Å². The fourth-order valence-electron chi connectivity index (χ4n) is 2.52. The molecule has 28 heavy (non-hydrogen) atoms. The van der Waals surface area contributed by atoms with Crippen LogP contribution in [-0.4, -0.2) is 27.0 Å². The Kier molecular flexibility index (Phi) is 4.62. The smallest absolute Gasteiger partial charge is 0.282 e. The van der Waals surface area contributed by atoms with E-state index >= 15 is 0 Å². The lowest BCUT2D eigenvalue weighted by atomic mass is 10.2. The second-order valence-corrected chi connectivity index (χ2v) is 6.13. The zero-order valence-electron chi connectivity index (χ0n) is 14.5. The van der Waals surface area contributed by atoms with E-state index in [1.165, 1.54) is 35.1 Å². The molecule has 0 radical (unpaired) electrons. The van der Waals surface area contributed by atoms with Crippen molar-refractivity contribution < 1.29 is 13.7 Å². The van der Waals surface area contributed by atoms with E-state index in [-0.39, 0.29) is 27.9 Å². The molecule has 4 aromatic rings. The minimum Gasteiger partial charge on any atom is -0.497 e. The minimum absolute atomic E-state index is 0.0164. The number of hydrogen-bond donors (Lipinski definition) is 0. The number of nitrogens with zero attached hydrogens (tertiary/aromatic N) is 4. The van der Waals surface area contributed by atoms with E-state index in [1.807, 2.05) is 6.07 Å². The van der Waals surface area contributed by atoms with Crippen molar-refractivity contribution in [3.8, 4) is 34.4 Å². The molecule has 0 saturated heterocycles. The van der Waals surface area contributed by atoms with Gasteiger partial charge in [-0.3, -0.25) is 4.79 Å². The molecule has 0 atom stereocenters. The normalized spacial score (nSPS) is 10.8. The first kappa shape index (κ1) is 17.9. The minimum atomic E-state index is -0.556. The predicted molar refractivity (Wildman–Crippen MR) is 100 cm³/mol. The van der Waals surface area contributed by atoms with Crippen LogP contribution in [0.3, 0.4) is 0 Å². The topological polar surface area (TPSA) is 83.0 Å². The third-order valence-corrected chi connectivity index (χ3v) is 4.22. The second-order valence-electron chi connectivity index (χ2n) is 5.73. The molecule has 0 N–H and O–H groups in total. The highest BCUT2D eigenvalue weighted by Gasteiger charge is 2.17. The molecule has 9 heteroatoms. The molecule has 2 aromatic heterocycles. The quantitative estimate of drug-likeness (QED) is 0.520. The summed E-state index contributed by atoms with van der Waals surface area (Å²) in [5.74, 6) is 0.195. The molecule has 0 aliphatic rings. The maximum Gasteiger partial charge on any atom is 0.282 e. The number of ether oxygens (including phenoxy) is 1. The first-order valence-electron chi connectivity index (χ1n) is 8.09. The Bertz CT molecular complexity index is 1220. The maximum atomic E-state index is 13.3. The third-order valence-electron chi connectivity index (χ3n) is 3.93. The van der Waals surface area contributed by atoms with Crippen molar-refractivity contribution >= 4 is 11.6 Å². The van der Waals surface area contributed by atoms with Gasteiger partial charge in [-0.2, -0.15) is 10.1 Å². The molecule has 2 heterocycles. The number of rotatable bonds is 4. The summed E-state index contributed by atoms with van der Waals surface area (Å²) in [6.07, 6.45) is 1.53. The van der Waals surface area contributed by atoms with Gasteiger partial charge in [-0.15, -0.1) is 0 Å². The van der Waals surface area contributed by atoms with Crippen LogP contribution < -0.4 is 10.2 Å². The number of hydrogen-bond acceptors (Lipinski definition) is 6. The largest absolute Gasteiger partial charge is 0.497 e. The first-order valence-corrected chi connectivity index (χ1v) is 8.47. The molecule has 0 unspecified atom stereocenters. The van der Waals surface area contributed by atoms with Crippen LogP contribution in [0, 0.1) is 5.82 Å². The van der Waals surface area contributed by atoms with Crippen molar-refractivity contribution in [3.63, 3.8) is 0 Å². The molecule has 2 aromatic carbocycles. The van der Waals surface area contributed by atoms with Gasteiger partial charge in [0, 0.05) is 23.9 Å². The lowest BCUT2D eigenvalue weighted by molar-refractivity contribution is 0.414. The van der Waals surface area contributed by atoms with Crippen molar-refractivity contribution in [1.82, 2.24) is 19.9 Å². The van der Waals surface area contributed by atoms with Gasteiger partial charge in [-0.05, 0) is 30.3 Å². The Morgan fingerprint density at radius 1 is 1.18 bits per heavy atom. The Labute approximate surface area is 163 Å². The highest BCUT2D eigenvalue weighted by atomic mass is 35.5. The van der Waals surface area contributed by atoms with Gasteiger partial charge in [-0.25, -0.2) is 9.07 Å². The highest BCUT2D eigenvalue weighted by Crippen LogP contribution is 2.24. The van der Waals surface area contributed by atoms with E-state index in [2.05, 4.69) is 15.2 Å². The first-order chi connectivity index (χ1) is 13.5. The summed E-state index contributed by atoms with van der Waals surface area (Å²) in [6.45, 7) is 0. The Balaban J connectivity index is 1.74. The van der Waals surface area contributed by atoms with Crippen LogP contribution in [-0.2, 0) is 0 Å². The van der Waals surface area contributed by atoms with E-state index in [0.29, 0.717) is 17.0 Å². The van der Waals surface area contributed by atoms with Crippen LogP contribution in [0.25, 0.3) is 28.7 Å². The van der Waals surface area contributed by atoms with E-state index in [9.17, 15) is 9.18 Å². The lowest BCUT2D eigenvalue weighted by Crippen LogP contribution is -2.12. The standard InChI is InChI=1S/C19H12ClFN4O3/c1-27-13-4-2-3-12(10-13)25-8-7-16(26)17(23-25)19-22-18(24-28-19)11-5-6-15(21)14(20)9-11/h2-10H,1H3. The lowest BCUT2D eigenvalue weighted by Gasteiger charge is -2.07. The predicted octanol–water partition coefficient (Wildman–Crippen LogP) is 3.75. The van der Waals surface area contributed by atoms with Gasteiger partial charge in [0.05, 0.1) is 17.8 Å². The molecular formula is C19H12ClFN4O3. The van der Waals surface area contributed by atoms with Crippen molar-refractivity contribution in [2.75, 3.05) is 7.11 Å². The summed E-state index contributed by atoms with van der Waals surface area (Å²) in [7, 11) is 1.56. The van der Waals surface area contributed by atoms with E-state index in [1.54, 1.807) is 25.3 Å². The van der Waals surface area contributed by atoms with E-state index in [0.717, 1.165) is 0 Å². The number of methoxy groups -OCH3 is 1. The Morgan fingerprint density at radius 2 is 2.04 bits per heavy atom. The fraction of sp³-hybridized carbons (Fsp3) is 0.0526. The molecule has 4 rings (SSSR count). The van der Waals surface area contributed by atoms with Crippen molar-refractivity contribution in [3.05, 3.63) is 75.8 Å². The van der Waals surface area contributed by atoms with Crippen LogP contribution in [0.2, 0.25) is 5.02 Å². The summed E-state index contributed by atoms with van der Waals surface area (Å²) in [6, 6.07) is 12.6. The molecule has 140 valence electrons. The number of benzene rings is 2. The summed E-state index contributed by atoms with van der Waals surface area (Å²) in [5.41, 5.74) is 0.736. The second kappa shape index (κ2) is 7.24. The molecular weight excluding hydrogens is 387 g/mol. The summed E-state index contributed by atoms with van der Waals surface area (Å²) < 4.78 is 25.2. The molecule has 7 nitrogen and oxygen atoms in total. The van der Waals surface area contributed by atoms with Gasteiger partial charge in [0.1, 0.15) is 11.6 Å². The average molecular weight is 399 g/mol. The van der Waals surface area contributed by atoms with Crippen LogP contribution in [0.1, 0.15) is 0 Å². The Hall–Kier alpha value is -3.52. The molecule has 0 saturated carbocycles.